The van der Waals surface area contributed by atoms with Crippen LogP contribution in [0.3, 0.4) is 0 Å². The van der Waals surface area contributed by atoms with Crippen LogP contribution in [0.15, 0.2) is 42.5 Å². The van der Waals surface area contributed by atoms with Gasteiger partial charge in [0.2, 0.25) is 0 Å². The van der Waals surface area contributed by atoms with Crippen molar-refractivity contribution in [2.75, 3.05) is 0 Å². The maximum Gasteiger partial charge on any atom is 0.273 e. The molecule has 0 amide bonds. The van der Waals surface area contributed by atoms with Crippen molar-refractivity contribution in [1.82, 2.24) is 0 Å². The molecule has 0 N–H and O–H groups in total. The summed E-state index contributed by atoms with van der Waals surface area (Å²) in [7, 11) is 0. The van der Waals surface area contributed by atoms with Gasteiger partial charge in [-0.25, -0.2) is 4.39 Å². The number of halogens is 1. The second-order valence-corrected chi connectivity index (χ2v) is 4.64. The lowest BCUT2D eigenvalue weighted by atomic mass is 9.96. The highest BCUT2D eigenvalue weighted by Gasteiger charge is 2.20. The summed E-state index contributed by atoms with van der Waals surface area (Å²) in [6.07, 6.45) is 0.496. The second-order valence-electron chi connectivity index (χ2n) is 4.64. The second kappa shape index (κ2) is 6.26. The first kappa shape index (κ1) is 14.8. The molecule has 0 heterocycles. The first-order valence-electron chi connectivity index (χ1n) is 6.57. The van der Waals surface area contributed by atoms with Crippen LogP contribution in [0.4, 0.5) is 10.1 Å². The number of nitrogens with zero attached hydrogens (tertiary/aromatic N) is 1. The topological polar surface area (TPSA) is 60.2 Å². The van der Waals surface area contributed by atoms with Gasteiger partial charge in [-0.15, -0.1) is 0 Å². The highest BCUT2D eigenvalue weighted by molar-refractivity contribution is 5.99. The Morgan fingerprint density at radius 3 is 2.43 bits per heavy atom. The van der Waals surface area contributed by atoms with Crippen molar-refractivity contribution in [3.8, 4) is 0 Å². The molecule has 0 atom stereocenters. The predicted molar refractivity (Wildman–Crippen MR) is 76.9 cm³/mol. The Balaban J connectivity index is 2.33. The maximum absolute atomic E-state index is 12.8. The smallest absolute Gasteiger partial charge is 0.273 e. The summed E-state index contributed by atoms with van der Waals surface area (Å²) in [6.45, 7) is 1.77. The number of hydrogen-bond acceptors (Lipinski definition) is 3. The molecule has 2 aromatic rings. The zero-order valence-electron chi connectivity index (χ0n) is 11.5. The van der Waals surface area contributed by atoms with Crippen LogP contribution in [-0.4, -0.2) is 10.7 Å². The van der Waals surface area contributed by atoms with Crippen LogP contribution in [0.2, 0.25) is 0 Å². The summed E-state index contributed by atoms with van der Waals surface area (Å²) in [5.74, 6) is -0.571. The Morgan fingerprint density at radius 1 is 1.19 bits per heavy atom. The number of nitro benzene ring substituents is 1. The summed E-state index contributed by atoms with van der Waals surface area (Å²) < 4.78 is 12.8. The van der Waals surface area contributed by atoms with E-state index in [9.17, 15) is 19.3 Å². The molecule has 0 aliphatic carbocycles. The first-order valence-corrected chi connectivity index (χ1v) is 6.57. The van der Waals surface area contributed by atoms with Crippen molar-refractivity contribution in [3.63, 3.8) is 0 Å². The van der Waals surface area contributed by atoms with Crippen molar-refractivity contribution in [2.24, 2.45) is 0 Å². The largest absolute Gasteiger partial charge is 0.294 e. The third kappa shape index (κ3) is 3.31. The molecule has 0 fully saturated rings. The van der Waals surface area contributed by atoms with Crippen LogP contribution in [0, 0.1) is 15.9 Å². The molecule has 0 aromatic heterocycles. The Morgan fingerprint density at radius 2 is 1.86 bits per heavy atom. The van der Waals surface area contributed by atoms with Gasteiger partial charge >= 0.3 is 0 Å². The number of carbonyl (C=O) groups excluding carboxylic acids is 1. The standard InChI is InChI=1S/C16H14FNO3/c1-2-13-14(4-3-5-15(13)18(20)21)16(19)10-11-6-8-12(17)9-7-11/h3-9H,2,10H2,1H3. The van der Waals surface area contributed by atoms with Gasteiger partial charge in [0.15, 0.2) is 5.78 Å². The normalized spacial score (nSPS) is 10.4. The molecular weight excluding hydrogens is 273 g/mol. The highest BCUT2D eigenvalue weighted by atomic mass is 19.1. The molecule has 0 saturated carbocycles. The molecule has 0 unspecified atom stereocenters. The van der Waals surface area contributed by atoms with E-state index in [0.29, 0.717) is 23.1 Å². The number of carbonyl (C=O) groups is 1. The SMILES string of the molecule is CCc1c(C(=O)Cc2ccc(F)cc2)cccc1[N+](=O)[O-]. The third-order valence-electron chi connectivity index (χ3n) is 3.28. The van der Waals surface area contributed by atoms with Crippen molar-refractivity contribution < 1.29 is 14.1 Å². The summed E-state index contributed by atoms with van der Waals surface area (Å²) in [5.41, 5.74) is 1.43. The van der Waals surface area contributed by atoms with E-state index in [0.717, 1.165) is 0 Å². The minimum atomic E-state index is -0.479. The van der Waals surface area contributed by atoms with E-state index in [1.807, 2.05) is 0 Å². The van der Waals surface area contributed by atoms with E-state index in [2.05, 4.69) is 0 Å². The Kier molecular flexibility index (Phi) is 4.42. The molecule has 0 radical (unpaired) electrons. The van der Waals surface area contributed by atoms with Crippen LogP contribution in [0.1, 0.15) is 28.4 Å². The number of rotatable bonds is 5. The van der Waals surface area contributed by atoms with E-state index in [1.165, 1.54) is 36.4 Å². The van der Waals surface area contributed by atoms with E-state index in [4.69, 9.17) is 0 Å². The lowest BCUT2D eigenvalue weighted by Gasteiger charge is -2.07. The maximum atomic E-state index is 12.8. The molecule has 0 saturated heterocycles. The molecule has 21 heavy (non-hydrogen) atoms. The van der Waals surface area contributed by atoms with E-state index >= 15 is 0 Å². The van der Waals surface area contributed by atoms with Crippen LogP contribution in [0.25, 0.3) is 0 Å². The average Bonchev–Trinajstić information content (AvgIpc) is 2.48. The number of nitro groups is 1. The molecule has 5 heteroatoms. The highest BCUT2D eigenvalue weighted by Crippen LogP contribution is 2.24. The van der Waals surface area contributed by atoms with Gasteiger partial charge in [-0.05, 0) is 24.1 Å². The van der Waals surface area contributed by atoms with Gasteiger partial charge in [-0.2, -0.15) is 0 Å². The minimum absolute atomic E-state index is 0.0394. The number of Topliss-reactive ketones (excluding diaryl/α,β-unsaturated/α-hetero) is 1. The third-order valence-corrected chi connectivity index (χ3v) is 3.28. The van der Waals surface area contributed by atoms with Gasteiger partial charge in [0.05, 0.1) is 4.92 Å². The Labute approximate surface area is 121 Å². The molecule has 0 spiro atoms. The quantitative estimate of drug-likeness (QED) is 0.478. The summed E-state index contributed by atoms with van der Waals surface area (Å²) in [6, 6.07) is 10.2. The van der Waals surface area contributed by atoms with Gasteiger partial charge in [0.25, 0.3) is 5.69 Å². The van der Waals surface area contributed by atoms with E-state index in [1.54, 1.807) is 13.0 Å². The summed E-state index contributed by atoms with van der Waals surface area (Å²) in [4.78, 5) is 22.9. The lowest BCUT2D eigenvalue weighted by Crippen LogP contribution is -2.09. The Hall–Kier alpha value is -2.56. The van der Waals surface area contributed by atoms with Crippen LogP contribution in [0.5, 0.6) is 0 Å². The van der Waals surface area contributed by atoms with Crippen LogP contribution < -0.4 is 0 Å². The van der Waals surface area contributed by atoms with Crippen molar-refractivity contribution >= 4 is 11.5 Å². The van der Waals surface area contributed by atoms with Gasteiger partial charge in [0.1, 0.15) is 5.82 Å². The van der Waals surface area contributed by atoms with Crippen molar-refractivity contribution in [1.29, 1.82) is 0 Å². The van der Waals surface area contributed by atoms with Gasteiger partial charge < -0.3 is 0 Å². The molecular formula is C16H14FNO3. The monoisotopic (exact) mass is 287 g/mol. The summed E-state index contributed by atoms with van der Waals surface area (Å²) in [5, 5.41) is 11.0. The molecule has 0 bridgehead atoms. The number of ketones is 1. The fraction of sp³-hybridized carbons (Fsp3) is 0.188. The van der Waals surface area contributed by atoms with Gasteiger partial charge in [0, 0.05) is 23.6 Å². The fourth-order valence-electron chi connectivity index (χ4n) is 2.26. The van der Waals surface area contributed by atoms with E-state index < -0.39 is 4.92 Å². The van der Waals surface area contributed by atoms with Crippen molar-refractivity contribution in [3.05, 3.63) is 75.1 Å². The number of hydrogen-bond donors (Lipinski definition) is 0. The van der Waals surface area contributed by atoms with Crippen LogP contribution >= 0.6 is 0 Å². The lowest BCUT2D eigenvalue weighted by molar-refractivity contribution is -0.385. The zero-order valence-corrected chi connectivity index (χ0v) is 11.5. The fourth-order valence-corrected chi connectivity index (χ4v) is 2.26. The minimum Gasteiger partial charge on any atom is -0.294 e. The van der Waals surface area contributed by atoms with Gasteiger partial charge in [-0.1, -0.05) is 31.2 Å². The van der Waals surface area contributed by atoms with E-state index in [-0.39, 0.29) is 23.7 Å². The van der Waals surface area contributed by atoms with Crippen molar-refractivity contribution in [2.45, 2.75) is 19.8 Å². The predicted octanol–water partition coefficient (Wildman–Crippen LogP) is 3.72. The molecule has 108 valence electrons. The number of benzene rings is 2. The van der Waals surface area contributed by atoms with Crippen LogP contribution in [-0.2, 0) is 12.8 Å². The van der Waals surface area contributed by atoms with Gasteiger partial charge in [-0.3, -0.25) is 14.9 Å². The zero-order chi connectivity index (χ0) is 15.4. The molecule has 2 aromatic carbocycles. The summed E-state index contributed by atoms with van der Waals surface area (Å²) >= 11 is 0. The molecule has 0 aliphatic heterocycles. The Bertz CT molecular complexity index is 680. The average molecular weight is 287 g/mol. The molecule has 0 aliphatic rings. The molecule has 4 nitrogen and oxygen atoms in total. The first-order chi connectivity index (χ1) is 10.0. The molecule has 2 rings (SSSR count).